The van der Waals surface area contributed by atoms with E-state index in [-0.39, 0.29) is 41.3 Å². The highest BCUT2D eigenvalue weighted by atomic mass is 19.1. The highest BCUT2D eigenvalue weighted by Crippen LogP contribution is 2.69. The average Bonchev–Trinajstić information content (AvgIpc) is 3.15. The number of aromatic nitrogens is 4. The zero-order chi connectivity index (χ0) is 22.7. The molecule has 0 unspecified atom stereocenters. The zero-order valence-electron chi connectivity index (χ0n) is 18.3. The van der Waals surface area contributed by atoms with Crippen LogP contribution in [-0.4, -0.2) is 32.7 Å². The summed E-state index contributed by atoms with van der Waals surface area (Å²) in [6.45, 7) is 6.26. The molecule has 2 bridgehead atoms. The first-order valence-corrected chi connectivity index (χ1v) is 10.9. The van der Waals surface area contributed by atoms with Crippen LogP contribution in [0.25, 0.3) is 5.57 Å². The standard InChI is InChI=1S/C24H24F2N4O2/c1-4-32-21(31)17-9-11-27-22(28-17)24-10-8-14(23(24,2)3)13-12-18(29-30-20(13)24)19-15(25)6-5-7-16(19)26/h6,9,11-12,14H,4-5,7-8,10H2,1-3H3/t14-,24+/m0/s1. The molecule has 3 aliphatic rings. The molecule has 166 valence electrons. The van der Waals surface area contributed by atoms with Crippen LogP contribution in [0.3, 0.4) is 0 Å². The minimum absolute atomic E-state index is 0.0956. The SMILES string of the molecule is CCOC(=O)c1ccnc([C@@]23CC[C@@H](c4cc(C5=C(F)CCC=C5F)nnc42)C3(C)C)n1. The van der Waals surface area contributed by atoms with Gasteiger partial charge in [0.25, 0.3) is 0 Å². The van der Waals surface area contributed by atoms with Crippen molar-refractivity contribution >= 4 is 11.5 Å². The van der Waals surface area contributed by atoms with Crippen LogP contribution in [0.15, 0.2) is 36.1 Å². The molecule has 6 nitrogen and oxygen atoms in total. The molecule has 0 saturated heterocycles. The minimum atomic E-state index is -0.644. The van der Waals surface area contributed by atoms with Crippen molar-refractivity contribution in [2.45, 2.75) is 57.8 Å². The van der Waals surface area contributed by atoms with E-state index in [2.05, 4.69) is 34.0 Å². The lowest BCUT2D eigenvalue weighted by Gasteiger charge is -2.36. The van der Waals surface area contributed by atoms with E-state index in [1.165, 1.54) is 12.1 Å². The van der Waals surface area contributed by atoms with Crippen molar-refractivity contribution in [3.05, 3.63) is 64.5 Å². The van der Waals surface area contributed by atoms with E-state index in [0.29, 0.717) is 12.2 Å². The van der Waals surface area contributed by atoms with Crippen LogP contribution in [0, 0.1) is 5.41 Å². The Kier molecular flexibility index (Phi) is 4.72. The summed E-state index contributed by atoms with van der Waals surface area (Å²) in [5.41, 5.74) is 1.01. The third-order valence-corrected chi connectivity index (χ3v) is 7.36. The molecular formula is C24H24F2N4O2. The van der Waals surface area contributed by atoms with Gasteiger partial charge in [-0.3, -0.25) is 0 Å². The van der Waals surface area contributed by atoms with E-state index >= 15 is 0 Å². The number of carbonyl (C=O) groups excluding carboxylic acids is 1. The number of hydrogen-bond acceptors (Lipinski definition) is 6. The quantitative estimate of drug-likeness (QED) is 0.627. The zero-order valence-corrected chi connectivity index (χ0v) is 18.3. The molecule has 0 amide bonds. The number of nitrogens with zero attached hydrogens (tertiary/aromatic N) is 4. The highest BCUT2D eigenvalue weighted by molar-refractivity contribution is 5.87. The molecule has 5 rings (SSSR count). The average molecular weight is 438 g/mol. The number of allylic oxidation sites excluding steroid dienone is 4. The van der Waals surface area contributed by atoms with Crippen molar-refractivity contribution in [3.8, 4) is 0 Å². The summed E-state index contributed by atoms with van der Waals surface area (Å²) < 4.78 is 34.0. The van der Waals surface area contributed by atoms with E-state index < -0.39 is 23.0 Å². The van der Waals surface area contributed by atoms with Crippen molar-refractivity contribution in [3.63, 3.8) is 0 Å². The van der Waals surface area contributed by atoms with E-state index in [1.54, 1.807) is 19.2 Å². The van der Waals surface area contributed by atoms with Crippen LogP contribution < -0.4 is 0 Å². The lowest BCUT2D eigenvalue weighted by Crippen LogP contribution is -2.39. The van der Waals surface area contributed by atoms with Gasteiger partial charge in [-0.2, -0.15) is 10.2 Å². The molecule has 8 heteroatoms. The van der Waals surface area contributed by atoms with Gasteiger partial charge in [0.05, 0.1) is 29.0 Å². The Labute approximate surface area is 184 Å². The van der Waals surface area contributed by atoms with Gasteiger partial charge >= 0.3 is 5.97 Å². The largest absolute Gasteiger partial charge is 0.461 e. The Bertz CT molecular complexity index is 1190. The molecule has 0 radical (unpaired) electrons. The Hall–Kier alpha value is -3.03. The molecule has 0 aromatic carbocycles. The molecule has 2 aromatic rings. The van der Waals surface area contributed by atoms with Gasteiger partial charge in [0.2, 0.25) is 0 Å². The monoisotopic (exact) mass is 438 g/mol. The second kappa shape index (κ2) is 7.25. The maximum absolute atomic E-state index is 14.5. The highest BCUT2D eigenvalue weighted by Gasteiger charge is 2.66. The summed E-state index contributed by atoms with van der Waals surface area (Å²) in [7, 11) is 0. The molecule has 32 heavy (non-hydrogen) atoms. The predicted octanol–water partition coefficient (Wildman–Crippen LogP) is 4.97. The molecule has 1 saturated carbocycles. The van der Waals surface area contributed by atoms with Crippen LogP contribution in [0.5, 0.6) is 0 Å². The van der Waals surface area contributed by atoms with Gasteiger partial charge in [-0.1, -0.05) is 13.8 Å². The molecule has 0 spiro atoms. The molecule has 0 N–H and O–H groups in total. The first-order valence-electron chi connectivity index (χ1n) is 10.9. The van der Waals surface area contributed by atoms with Crippen LogP contribution >= 0.6 is 0 Å². The van der Waals surface area contributed by atoms with Crippen molar-refractivity contribution in [1.82, 2.24) is 20.2 Å². The lowest BCUT2D eigenvalue weighted by atomic mass is 9.67. The molecular weight excluding hydrogens is 414 g/mol. The summed E-state index contributed by atoms with van der Waals surface area (Å²) >= 11 is 0. The van der Waals surface area contributed by atoms with E-state index in [0.717, 1.165) is 24.1 Å². The van der Waals surface area contributed by atoms with Crippen LogP contribution in [0.1, 0.15) is 85.6 Å². The fourth-order valence-electron chi connectivity index (χ4n) is 5.77. The summed E-state index contributed by atoms with van der Waals surface area (Å²) in [6.07, 6.45) is 5.07. The smallest absolute Gasteiger partial charge is 0.357 e. The number of rotatable bonds is 4. The van der Waals surface area contributed by atoms with E-state index in [4.69, 9.17) is 4.74 Å². The third kappa shape index (κ3) is 2.71. The van der Waals surface area contributed by atoms with Crippen LogP contribution in [0.2, 0.25) is 0 Å². The molecule has 2 aromatic heterocycles. The predicted molar refractivity (Wildman–Crippen MR) is 113 cm³/mol. The normalized spacial score (nSPS) is 25.5. The summed E-state index contributed by atoms with van der Waals surface area (Å²) in [6, 6.07) is 3.31. The Balaban J connectivity index is 1.65. The summed E-state index contributed by atoms with van der Waals surface area (Å²) in [4.78, 5) is 21.4. The van der Waals surface area contributed by atoms with Crippen LogP contribution in [0.4, 0.5) is 8.78 Å². The minimum Gasteiger partial charge on any atom is -0.461 e. The second-order valence-electron chi connectivity index (χ2n) is 9.11. The Morgan fingerprint density at radius 1 is 1.28 bits per heavy atom. The van der Waals surface area contributed by atoms with Gasteiger partial charge < -0.3 is 4.74 Å². The third-order valence-electron chi connectivity index (χ3n) is 7.36. The fraction of sp³-hybridized carbons (Fsp3) is 0.458. The Morgan fingerprint density at radius 2 is 2.09 bits per heavy atom. The maximum atomic E-state index is 14.5. The molecule has 2 heterocycles. The lowest BCUT2D eigenvalue weighted by molar-refractivity contribution is 0.0518. The summed E-state index contributed by atoms with van der Waals surface area (Å²) in [5, 5.41) is 8.74. The van der Waals surface area contributed by atoms with E-state index in [9.17, 15) is 13.6 Å². The summed E-state index contributed by atoms with van der Waals surface area (Å²) in [5.74, 6) is -0.972. The van der Waals surface area contributed by atoms with Gasteiger partial charge in [-0.25, -0.2) is 23.5 Å². The topological polar surface area (TPSA) is 77.9 Å². The number of carbonyl (C=O) groups is 1. The number of halogens is 2. The molecule has 0 aliphatic heterocycles. The van der Waals surface area contributed by atoms with E-state index in [1.807, 2.05) is 0 Å². The molecule has 3 aliphatic carbocycles. The molecule has 2 atom stereocenters. The van der Waals surface area contributed by atoms with Gasteiger partial charge in [0.15, 0.2) is 5.69 Å². The number of ether oxygens (including phenoxy) is 1. The van der Waals surface area contributed by atoms with Gasteiger partial charge in [-0.05, 0) is 61.3 Å². The van der Waals surface area contributed by atoms with Gasteiger partial charge in [0, 0.05) is 12.6 Å². The van der Waals surface area contributed by atoms with Gasteiger partial charge in [0.1, 0.15) is 17.5 Å². The first kappa shape index (κ1) is 20.8. The molecule has 1 fully saturated rings. The second-order valence-corrected chi connectivity index (χ2v) is 9.11. The first-order chi connectivity index (χ1) is 15.3. The van der Waals surface area contributed by atoms with Crippen molar-refractivity contribution in [1.29, 1.82) is 0 Å². The van der Waals surface area contributed by atoms with Gasteiger partial charge in [-0.15, -0.1) is 0 Å². The fourth-order valence-corrected chi connectivity index (χ4v) is 5.77. The van der Waals surface area contributed by atoms with Crippen molar-refractivity contribution in [2.24, 2.45) is 5.41 Å². The Morgan fingerprint density at radius 3 is 2.84 bits per heavy atom. The maximum Gasteiger partial charge on any atom is 0.357 e. The number of hydrogen-bond donors (Lipinski definition) is 0. The number of fused-ring (bicyclic) bond motifs is 5. The van der Waals surface area contributed by atoms with Crippen LogP contribution in [-0.2, 0) is 10.2 Å². The number of esters is 1. The van der Waals surface area contributed by atoms with Crippen molar-refractivity contribution < 1.29 is 18.3 Å². The van der Waals surface area contributed by atoms with Crippen molar-refractivity contribution in [2.75, 3.05) is 6.61 Å².